The van der Waals surface area contributed by atoms with Gasteiger partial charge in [0.05, 0.1) is 6.42 Å². The Morgan fingerprint density at radius 2 is 1.53 bits per heavy atom. The topological polar surface area (TPSA) is 34.1 Å². The van der Waals surface area contributed by atoms with Crippen molar-refractivity contribution in [1.82, 2.24) is 0 Å². The van der Waals surface area contributed by atoms with E-state index in [-0.39, 0.29) is 12.2 Å². The predicted octanol–water partition coefficient (Wildman–Crippen LogP) is 3.72. The maximum absolute atomic E-state index is 11.0. The molecule has 0 bridgehead atoms. The van der Waals surface area contributed by atoms with Crippen LogP contribution in [0.1, 0.15) is 48.0 Å². The highest BCUT2D eigenvalue weighted by atomic mass is 16.1. The van der Waals surface area contributed by atoms with Gasteiger partial charge in [-0.1, -0.05) is 45.9 Å². The van der Waals surface area contributed by atoms with Gasteiger partial charge in [0.15, 0.2) is 5.78 Å². The van der Waals surface area contributed by atoms with E-state index in [1.165, 1.54) is 0 Å². The molecule has 0 aliphatic heterocycles. The van der Waals surface area contributed by atoms with Crippen LogP contribution in [0.3, 0.4) is 0 Å². The molecule has 0 N–H and O–H groups in total. The SMILES string of the molecule is C/C=C\C(=C/C)C(=O)CC=O.CC.CC. The Kier molecular flexibility index (Phi) is 24.0. The van der Waals surface area contributed by atoms with Crippen molar-refractivity contribution < 1.29 is 9.59 Å². The highest BCUT2D eigenvalue weighted by Crippen LogP contribution is 2.00. The minimum atomic E-state index is -0.124. The molecule has 0 spiro atoms. The molecule has 88 valence electrons. The van der Waals surface area contributed by atoms with E-state index in [2.05, 4.69) is 0 Å². The van der Waals surface area contributed by atoms with Crippen molar-refractivity contribution in [3.63, 3.8) is 0 Å². The van der Waals surface area contributed by atoms with Gasteiger partial charge in [-0.25, -0.2) is 0 Å². The second kappa shape index (κ2) is 18.6. The molecule has 15 heavy (non-hydrogen) atoms. The summed E-state index contributed by atoms with van der Waals surface area (Å²) in [7, 11) is 0. The maximum Gasteiger partial charge on any atom is 0.169 e. The van der Waals surface area contributed by atoms with Crippen LogP contribution in [0.4, 0.5) is 0 Å². The second-order valence-electron chi connectivity index (χ2n) is 2.04. The number of rotatable bonds is 4. The van der Waals surface area contributed by atoms with E-state index in [4.69, 9.17) is 0 Å². The minimum absolute atomic E-state index is 0.0238. The van der Waals surface area contributed by atoms with Crippen molar-refractivity contribution >= 4 is 12.1 Å². The summed E-state index contributed by atoms with van der Waals surface area (Å²) < 4.78 is 0. The summed E-state index contributed by atoms with van der Waals surface area (Å²) in [4.78, 5) is 21.0. The standard InChI is InChI=1S/C9H12O2.2C2H6/c1-3-5-8(4-2)9(11)6-7-10;2*1-2/h3-5,7H,6H2,1-2H3;2*1-2H3/b5-3-,8-4+;;. The summed E-state index contributed by atoms with van der Waals surface area (Å²) in [5, 5.41) is 0. The molecule has 0 atom stereocenters. The van der Waals surface area contributed by atoms with Gasteiger partial charge >= 0.3 is 0 Å². The first-order valence-corrected chi connectivity index (χ1v) is 5.52. The van der Waals surface area contributed by atoms with Gasteiger partial charge in [0, 0.05) is 5.57 Å². The largest absolute Gasteiger partial charge is 0.303 e. The molecule has 0 fully saturated rings. The lowest BCUT2D eigenvalue weighted by molar-refractivity contribution is -0.119. The lowest BCUT2D eigenvalue weighted by atomic mass is 10.1. The predicted molar refractivity (Wildman–Crippen MR) is 67.0 cm³/mol. The van der Waals surface area contributed by atoms with Crippen molar-refractivity contribution in [2.45, 2.75) is 48.0 Å². The monoisotopic (exact) mass is 212 g/mol. The van der Waals surface area contributed by atoms with Gasteiger partial charge in [-0.05, 0) is 13.8 Å². The molecule has 0 radical (unpaired) electrons. The van der Waals surface area contributed by atoms with Gasteiger partial charge in [-0.15, -0.1) is 0 Å². The number of Topliss-reactive ketones (excluding diaryl/α,β-unsaturated/α-hetero) is 1. The molecule has 0 amide bonds. The molecule has 0 saturated heterocycles. The van der Waals surface area contributed by atoms with Crippen LogP contribution in [0.25, 0.3) is 0 Å². The van der Waals surface area contributed by atoms with Gasteiger partial charge in [0.1, 0.15) is 6.29 Å². The zero-order valence-electron chi connectivity index (χ0n) is 10.8. The maximum atomic E-state index is 11.0. The summed E-state index contributed by atoms with van der Waals surface area (Å²) in [6, 6.07) is 0. The lowest BCUT2D eigenvalue weighted by Crippen LogP contribution is -2.00. The summed E-state index contributed by atoms with van der Waals surface area (Å²) in [6.45, 7) is 11.6. The third-order valence-electron chi connectivity index (χ3n) is 1.25. The molecule has 0 saturated carbocycles. The number of aldehydes is 1. The number of hydrogen-bond acceptors (Lipinski definition) is 2. The number of hydrogen-bond donors (Lipinski definition) is 0. The molecule has 2 nitrogen and oxygen atoms in total. The van der Waals surface area contributed by atoms with Crippen LogP contribution in [-0.2, 0) is 9.59 Å². The highest BCUT2D eigenvalue weighted by Gasteiger charge is 2.02. The fourth-order valence-corrected chi connectivity index (χ4v) is 0.723. The fourth-order valence-electron chi connectivity index (χ4n) is 0.723. The number of ketones is 1. The first-order chi connectivity index (χ1) is 7.26. The van der Waals surface area contributed by atoms with E-state index in [1.54, 1.807) is 25.2 Å². The molecular weight excluding hydrogens is 188 g/mol. The Hall–Kier alpha value is -1.18. The Morgan fingerprint density at radius 1 is 1.07 bits per heavy atom. The van der Waals surface area contributed by atoms with E-state index >= 15 is 0 Å². The van der Waals surface area contributed by atoms with Crippen LogP contribution in [0.2, 0.25) is 0 Å². The van der Waals surface area contributed by atoms with Crippen molar-refractivity contribution in [3.05, 3.63) is 23.8 Å². The lowest BCUT2D eigenvalue weighted by Gasteiger charge is -1.93. The molecule has 0 rings (SSSR count). The quantitative estimate of drug-likeness (QED) is 0.308. The van der Waals surface area contributed by atoms with Crippen molar-refractivity contribution in [2.24, 2.45) is 0 Å². The summed E-state index contributed by atoms with van der Waals surface area (Å²) in [6.07, 6.45) is 5.77. The van der Waals surface area contributed by atoms with Crippen LogP contribution in [0, 0.1) is 0 Å². The van der Waals surface area contributed by atoms with Crippen LogP contribution in [0.5, 0.6) is 0 Å². The van der Waals surface area contributed by atoms with Crippen molar-refractivity contribution in [2.75, 3.05) is 0 Å². The normalized spacial score (nSPS) is 9.60. The third kappa shape index (κ3) is 12.8. The van der Waals surface area contributed by atoms with Crippen LogP contribution in [0.15, 0.2) is 23.8 Å². The number of carbonyl (C=O) groups excluding carboxylic acids is 2. The van der Waals surface area contributed by atoms with Gasteiger partial charge in [0.25, 0.3) is 0 Å². The average Bonchev–Trinajstić information content (AvgIpc) is 2.31. The molecule has 2 heteroatoms. The average molecular weight is 212 g/mol. The van der Waals surface area contributed by atoms with Crippen molar-refractivity contribution in [1.29, 1.82) is 0 Å². The van der Waals surface area contributed by atoms with E-state index in [0.717, 1.165) is 0 Å². The molecule has 0 aliphatic carbocycles. The number of allylic oxidation sites excluding steroid dienone is 4. The van der Waals surface area contributed by atoms with E-state index in [9.17, 15) is 9.59 Å². The zero-order valence-corrected chi connectivity index (χ0v) is 10.8. The summed E-state index contributed by atoms with van der Waals surface area (Å²) in [5.41, 5.74) is 0.597. The molecule has 0 unspecified atom stereocenters. The van der Waals surface area contributed by atoms with Gasteiger partial charge in [-0.2, -0.15) is 0 Å². The first kappa shape index (κ1) is 19.4. The third-order valence-corrected chi connectivity index (χ3v) is 1.25. The Balaban J connectivity index is -0.000000318. The Morgan fingerprint density at radius 3 is 1.80 bits per heavy atom. The fraction of sp³-hybridized carbons (Fsp3) is 0.538. The molecule has 0 heterocycles. The minimum Gasteiger partial charge on any atom is -0.303 e. The van der Waals surface area contributed by atoms with Crippen LogP contribution >= 0.6 is 0 Å². The Bertz CT molecular complexity index is 201. The van der Waals surface area contributed by atoms with E-state index in [1.807, 2.05) is 34.6 Å². The molecule has 0 aromatic rings. The Labute approximate surface area is 94.1 Å². The molecule has 0 aromatic heterocycles. The molecule has 0 aromatic carbocycles. The molecule has 0 aliphatic rings. The van der Waals surface area contributed by atoms with E-state index in [0.29, 0.717) is 11.9 Å². The summed E-state index contributed by atoms with van der Waals surface area (Å²) in [5.74, 6) is -0.124. The van der Waals surface area contributed by atoms with Crippen LogP contribution in [-0.4, -0.2) is 12.1 Å². The van der Waals surface area contributed by atoms with Gasteiger partial charge < -0.3 is 4.79 Å². The van der Waals surface area contributed by atoms with Gasteiger partial charge in [0.2, 0.25) is 0 Å². The highest BCUT2D eigenvalue weighted by molar-refractivity contribution is 6.04. The molecular formula is C13H24O2. The summed E-state index contributed by atoms with van der Waals surface area (Å²) >= 11 is 0. The van der Waals surface area contributed by atoms with Crippen molar-refractivity contribution in [3.8, 4) is 0 Å². The van der Waals surface area contributed by atoms with Crippen LogP contribution < -0.4 is 0 Å². The van der Waals surface area contributed by atoms with E-state index < -0.39 is 0 Å². The second-order valence-corrected chi connectivity index (χ2v) is 2.04. The smallest absolute Gasteiger partial charge is 0.169 e. The van der Waals surface area contributed by atoms with Gasteiger partial charge in [-0.3, -0.25) is 4.79 Å². The number of carbonyl (C=O) groups is 2. The first-order valence-electron chi connectivity index (χ1n) is 5.52. The zero-order chi connectivity index (χ0) is 12.7.